The molecule has 0 radical (unpaired) electrons. The van der Waals surface area contributed by atoms with Gasteiger partial charge < -0.3 is 37.6 Å². The summed E-state index contributed by atoms with van der Waals surface area (Å²) in [5, 5.41) is 3.21. The third kappa shape index (κ3) is 13.7. The molecule has 0 amide bonds. The maximum Gasteiger partial charge on any atom is 0.500 e. The minimum absolute atomic E-state index is 0.250. The summed E-state index contributed by atoms with van der Waals surface area (Å²) in [6.45, 7) is 2.44. The van der Waals surface area contributed by atoms with Gasteiger partial charge in [-0.2, -0.15) is 13.2 Å². The highest BCUT2D eigenvalue weighted by Crippen LogP contribution is 2.26. The molecule has 0 rings (SSSR count). The average molecular weight is 441 g/mol. The molecule has 3 N–H and O–H groups in total. The first-order valence-corrected chi connectivity index (χ1v) is 12.3. The van der Waals surface area contributed by atoms with Gasteiger partial charge in [-0.05, 0) is 13.0 Å². The lowest BCUT2D eigenvalue weighted by Crippen LogP contribution is -2.43. The summed E-state index contributed by atoms with van der Waals surface area (Å²) in [5.74, 6) is 0. The van der Waals surface area contributed by atoms with Crippen LogP contribution in [0.4, 0.5) is 13.2 Å². The summed E-state index contributed by atoms with van der Waals surface area (Å²) in [4.78, 5) is 0. The van der Waals surface area contributed by atoms with Crippen molar-refractivity contribution in [1.29, 1.82) is 0 Å². The van der Waals surface area contributed by atoms with Gasteiger partial charge in [-0.25, -0.2) is 0 Å². The maximum absolute atomic E-state index is 11.9. The number of hydrogen-bond acceptors (Lipinski definition) is 8. The van der Waals surface area contributed by atoms with Crippen LogP contribution in [0.3, 0.4) is 0 Å². The fourth-order valence-electron chi connectivity index (χ4n) is 2.06. The maximum atomic E-state index is 11.9. The first-order chi connectivity index (χ1) is 12.6. The Morgan fingerprint density at radius 1 is 0.741 bits per heavy atom. The van der Waals surface area contributed by atoms with Gasteiger partial charge in [0.2, 0.25) is 0 Å². The summed E-state index contributed by atoms with van der Waals surface area (Å²) < 4.78 is 65.9. The van der Waals surface area contributed by atoms with Crippen molar-refractivity contribution in [2.45, 2.75) is 31.1 Å². The number of rotatable bonds is 14. The second-order valence-electron chi connectivity index (χ2n) is 5.35. The van der Waals surface area contributed by atoms with E-state index in [2.05, 4.69) is 5.32 Å². The van der Waals surface area contributed by atoms with Crippen LogP contribution in [-0.2, 0) is 26.6 Å². The molecule has 0 aromatic heterocycles. The molecule has 13 heteroatoms. The standard InChI is InChI=1S/C8H22N2O3Si.C6H13F3O3Si/c1-11-14(12-2,13-3)8-4-6-10-7-5-9;1-10-13(11-2,12-3)5-4-6(7,8)9/h10H,4-9H2,1-3H3;4-5H2,1-3H3. The Morgan fingerprint density at radius 2 is 1.15 bits per heavy atom. The first kappa shape index (κ1) is 29.1. The van der Waals surface area contributed by atoms with E-state index in [9.17, 15) is 13.2 Å². The number of nitrogens with one attached hydrogen (secondary N) is 1. The minimum Gasteiger partial charge on any atom is -0.377 e. The van der Waals surface area contributed by atoms with Crippen LogP contribution in [0.1, 0.15) is 12.8 Å². The summed E-state index contributed by atoms with van der Waals surface area (Å²) in [7, 11) is 3.36. The second-order valence-corrected chi connectivity index (χ2v) is 11.5. The Kier molecular flexibility index (Phi) is 17.0. The summed E-state index contributed by atoms with van der Waals surface area (Å²) in [5.41, 5.74) is 5.35. The fourth-order valence-corrected chi connectivity index (χ4v) is 5.49. The number of alkyl halides is 3. The van der Waals surface area contributed by atoms with Gasteiger partial charge in [0.05, 0.1) is 0 Å². The molecule has 0 aliphatic rings. The zero-order valence-corrected chi connectivity index (χ0v) is 19.1. The van der Waals surface area contributed by atoms with Crippen molar-refractivity contribution in [2.24, 2.45) is 5.73 Å². The summed E-state index contributed by atoms with van der Waals surface area (Å²) in [6.07, 6.45) is -4.18. The third-order valence-corrected chi connectivity index (χ3v) is 9.30. The van der Waals surface area contributed by atoms with Crippen LogP contribution in [0.15, 0.2) is 0 Å². The lowest BCUT2D eigenvalue weighted by Gasteiger charge is -2.24. The quantitative estimate of drug-likeness (QED) is 0.311. The first-order valence-electron chi connectivity index (χ1n) is 8.42. The lowest BCUT2D eigenvalue weighted by molar-refractivity contribution is -0.132. The molecule has 166 valence electrons. The Balaban J connectivity index is 0. The monoisotopic (exact) mass is 440 g/mol. The van der Waals surface area contributed by atoms with Crippen molar-refractivity contribution >= 4 is 17.6 Å². The Hall–Kier alpha value is -0.0962. The molecule has 0 heterocycles. The molecule has 0 atom stereocenters. The van der Waals surface area contributed by atoms with Crippen LogP contribution < -0.4 is 11.1 Å². The van der Waals surface area contributed by atoms with E-state index in [1.807, 2.05) is 0 Å². The van der Waals surface area contributed by atoms with Crippen molar-refractivity contribution in [2.75, 3.05) is 62.3 Å². The normalized spacial score (nSPS) is 12.7. The van der Waals surface area contributed by atoms with Crippen molar-refractivity contribution in [1.82, 2.24) is 5.32 Å². The zero-order chi connectivity index (χ0) is 21.4. The van der Waals surface area contributed by atoms with Crippen LogP contribution in [0.25, 0.3) is 0 Å². The van der Waals surface area contributed by atoms with E-state index < -0.39 is 30.2 Å². The van der Waals surface area contributed by atoms with E-state index in [4.69, 9.17) is 32.3 Å². The third-order valence-electron chi connectivity index (χ3n) is 3.74. The lowest BCUT2D eigenvalue weighted by atomic mass is 10.5. The average Bonchev–Trinajstić information content (AvgIpc) is 2.67. The topological polar surface area (TPSA) is 93.4 Å². The van der Waals surface area contributed by atoms with Crippen molar-refractivity contribution in [3.63, 3.8) is 0 Å². The van der Waals surface area contributed by atoms with E-state index in [1.54, 1.807) is 21.3 Å². The van der Waals surface area contributed by atoms with E-state index >= 15 is 0 Å². The molecule has 0 spiro atoms. The van der Waals surface area contributed by atoms with Crippen LogP contribution in [0.5, 0.6) is 0 Å². The van der Waals surface area contributed by atoms with Crippen LogP contribution >= 0.6 is 0 Å². The Morgan fingerprint density at radius 3 is 1.48 bits per heavy atom. The SMILES string of the molecule is CO[Si](CCC(F)(F)F)(OC)OC.CO[Si](CCCNCCN)(OC)OC. The van der Waals surface area contributed by atoms with Gasteiger partial charge in [-0.15, -0.1) is 0 Å². The Labute approximate surface area is 162 Å². The van der Waals surface area contributed by atoms with Crippen molar-refractivity contribution in [3.8, 4) is 0 Å². The number of halogens is 3. The molecular weight excluding hydrogens is 405 g/mol. The smallest absolute Gasteiger partial charge is 0.377 e. The van der Waals surface area contributed by atoms with Crippen LogP contribution in [-0.4, -0.2) is 86.1 Å². The van der Waals surface area contributed by atoms with Gasteiger partial charge in [0.25, 0.3) is 0 Å². The predicted octanol–water partition coefficient (Wildman–Crippen LogP) is 1.62. The van der Waals surface area contributed by atoms with E-state index in [-0.39, 0.29) is 6.04 Å². The van der Waals surface area contributed by atoms with Crippen LogP contribution in [0, 0.1) is 0 Å². The van der Waals surface area contributed by atoms with E-state index in [0.717, 1.165) is 25.6 Å². The van der Waals surface area contributed by atoms with Crippen LogP contribution in [0.2, 0.25) is 12.1 Å². The molecule has 0 aliphatic carbocycles. The summed E-state index contributed by atoms with van der Waals surface area (Å²) in [6, 6.07) is 0.577. The predicted molar refractivity (Wildman–Crippen MR) is 100 cm³/mol. The van der Waals surface area contributed by atoms with Gasteiger partial charge in [0.1, 0.15) is 0 Å². The molecular formula is C14H35F3N2O6Si2. The highest BCUT2D eigenvalue weighted by molar-refractivity contribution is 6.60. The molecule has 0 fully saturated rings. The molecule has 0 aliphatic heterocycles. The largest absolute Gasteiger partial charge is 0.500 e. The van der Waals surface area contributed by atoms with Gasteiger partial charge in [-0.1, -0.05) is 0 Å². The second kappa shape index (κ2) is 15.8. The molecule has 0 bridgehead atoms. The van der Waals surface area contributed by atoms with Crippen molar-refractivity contribution in [3.05, 3.63) is 0 Å². The number of hydrogen-bond donors (Lipinski definition) is 2. The molecule has 0 aromatic carbocycles. The van der Waals surface area contributed by atoms with E-state index in [1.165, 1.54) is 21.3 Å². The zero-order valence-electron chi connectivity index (χ0n) is 17.1. The highest BCUT2D eigenvalue weighted by Gasteiger charge is 2.42. The van der Waals surface area contributed by atoms with Gasteiger partial charge in [0.15, 0.2) is 0 Å². The van der Waals surface area contributed by atoms with Crippen molar-refractivity contribution < 1.29 is 39.7 Å². The minimum atomic E-state index is -4.20. The highest BCUT2D eigenvalue weighted by atomic mass is 28.4. The van der Waals surface area contributed by atoms with Gasteiger partial charge in [0, 0.05) is 74.3 Å². The molecule has 0 saturated carbocycles. The molecule has 0 unspecified atom stereocenters. The number of nitrogens with two attached hydrogens (primary N) is 1. The van der Waals surface area contributed by atoms with E-state index in [0.29, 0.717) is 6.54 Å². The van der Waals surface area contributed by atoms with Gasteiger partial charge >= 0.3 is 23.8 Å². The fraction of sp³-hybridized carbons (Fsp3) is 1.00. The molecule has 27 heavy (non-hydrogen) atoms. The molecule has 0 aromatic rings. The Bertz CT molecular complexity index is 333. The molecule has 0 saturated heterocycles. The summed E-state index contributed by atoms with van der Waals surface area (Å²) >= 11 is 0. The van der Waals surface area contributed by atoms with Gasteiger partial charge in [-0.3, -0.25) is 0 Å². The molecule has 8 nitrogen and oxygen atoms in total.